The molecule has 0 saturated heterocycles. The molecule has 27 heavy (non-hydrogen) atoms. The molecule has 0 radical (unpaired) electrons. The zero-order chi connectivity index (χ0) is 19.8. The van der Waals surface area contributed by atoms with E-state index < -0.39 is 23.3 Å². The van der Waals surface area contributed by atoms with Crippen molar-refractivity contribution < 1.29 is 22.9 Å². The van der Waals surface area contributed by atoms with E-state index in [1.165, 1.54) is 43.0 Å². The Hall–Kier alpha value is -2.27. The molecule has 0 aliphatic carbocycles. The third kappa shape index (κ3) is 3.88. The Labute approximate surface area is 156 Å². The highest BCUT2D eigenvalue weighted by Gasteiger charge is 2.20. The quantitative estimate of drug-likeness (QED) is 0.603. The highest BCUT2D eigenvalue weighted by Crippen LogP contribution is 2.23. The van der Waals surface area contributed by atoms with Gasteiger partial charge in [-0.15, -0.1) is 0 Å². The van der Waals surface area contributed by atoms with Crippen LogP contribution in [-0.2, 0) is 16.6 Å². The second-order valence-corrected chi connectivity index (χ2v) is 8.48. The van der Waals surface area contributed by atoms with Crippen LogP contribution in [0.5, 0.6) is 0 Å². The van der Waals surface area contributed by atoms with E-state index in [2.05, 4.69) is 5.10 Å². The average Bonchev–Trinajstić information content (AvgIpc) is 3.03. The summed E-state index contributed by atoms with van der Waals surface area (Å²) in [5, 5.41) is 23.6. The van der Waals surface area contributed by atoms with Crippen LogP contribution in [0, 0.1) is 0 Å². The molecular weight excluding hydrogens is 372 g/mol. The van der Waals surface area contributed by atoms with Crippen LogP contribution in [0.2, 0.25) is 0 Å². The highest BCUT2D eigenvalue weighted by molar-refractivity contribution is 7.89. The summed E-state index contributed by atoms with van der Waals surface area (Å²) in [6.45, 7) is -0.0879. The molecule has 2 N–H and O–H groups in total. The van der Waals surface area contributed by atoms with Gasteiger partial charge in [0.15, 0.2) is 0 Å². The molecule has 0 aliphatic rings. The fraction of sp³-hybridized carbons (Fsp3) is 0.235. The lowest BCUT2D eigenvalue weighted by Gasteiger charge is -2.13. The summed E-state index contributed by atoms with van der Waals surface area (Å²) in [4.78, 5) is 0.0925. The molecule has 1 heterocycles. The van der Waals surface area contributed by atoms with Crippen LogP contribution in [0.3, 0.4) is 0 Å². The summed E-state index contributed by atoms with van der Waals surface area (Å²) in [7, 11) is -2.34. The number of nitrogens with zero attached hydrogens (tertiary/aromatic N) is 3. The third-order valence-electron chi connectivity index (χ3n) is 4.28. The van der Waals surface area contributed by atoms with Gasteiger partial charge in [-0.1, -0.05) is 24.3 Å². The van der Waals surface area contributed by atoms with Crippen LogP contribution < -0.4 is 5.46 Å². The van der Waals surface area contributed by atoms with Gasteiger partial charge in [-0.2, -0.15) is 5.10 Å². The lowest BCUT2D eigenvalue weighted by Crippen LogP contribution is -2.30. The summed E-state index contributed by atoms with van der Waals surface area (Å²) in [6.07, 6.45) is 0.152. The Morgan fingerprint density at radius 1 is 1.19 bits per heavy atom. The minimum atomic E-state index is -3.56. The van der Waals surface area contributed by atoms with Gasteiger partial charge in [-0.3, -0.25) is 4.68 Å². The Balaban J connectivity index is 1.82. The molecule has 0 spiro atoms. The number of sulfonamides is 1. The minimum absolute atomic E-state index is 0.0879. The van der Waals surface area contributed by atoms with E-state index in [1.807, 2.05) is 0 Å². The molecule has 2 aromatic carbocycles. The Morgan fingerprint density at radius 3 is 2.44 bits per heavy atom. The predicted molar refractivity (Wildman–Crippen MR) is 101 cm³/mol. The lowest BCUT2D eigenvalue weighted by molar-refractivity contribution is 0.293. The standard InChI is InChI=1S/C17H19BFN3O4S/c1-21(2)27(25,26)13-8-6-12(7-9-13)16(19)11-22-10-14-15(18(23)24)4-3-5-17(14)20-22/h3-10,16,23-24H,11H2,1-2H3. The largest absolute Gasteiger partial charge is 0.489 e. The maximum Gasteiger partial charge on any atom is 0.489 e. The Bertz CT molecular complexity index is 1050. The summed E-state index contributed by atoms with van der Waals surface area (Å²) in [6, 6.07) is 10.5. The molecule has 0 aliphatic heterocycles. The molecule has 7 nitrogen and oxygen atoms in total. The number of alkyl halides is 1. The second kappa shape index (κ2) is 7.39. The third-order valence-corrected chi connectivity index (χ3v) is 6.11. The van der Waals surface area contributed by atoms with Crippen LogP contribution in [-0.4, -0.2) is 53.8 Å². The van der Waals surface area contributed by atoms with Gasteiger partial charge in [0.05, 0.1) is 17.0 Å². The van der Waals surface area contributed by atoms with Gasteiger partial charge >= 0.3 is 7.12 Å². The van der Waals surface area contributed by atoms with Gasteiger partial charge in [0.2, 0.25) is 10.0 Å². The van der Waals surface area contributed by atoms with E-state index in [4.69, 9.17) is 0 Å². The molecule has 10 heteroatoms. The van der Waals surface area contributed by atoms with Crippen molar-refractivity contribution in [3.63, 3.8) is 0 Å². The molecule has 142 valence electrons. The summed E-state index contributed by atoms with van der Waals surface area (Å²) >= 11 is 0. The van der Waals surface area contributed by atoms with Gasteiger partial charge in [0, 0.05) is 25.7 Å². The molecule has 0 amide bonds. The Morgan fingerprint density at radius 2 is 1.85 bits per heavy atom. The second-order valence-electron chi connectivity index (χ2n) is 6.33. The monoisotopic (exact) mass is 391 g/mol. The first-order valence-corrected chi connectivity index (χ1v) is 9.63. The Kier molecular flexibility index (Phi) is 5.34. The fourth-order valence-corrected chi connectivity index (χ4v) is 3.66. The van der Waals surface area contributed by atoms with E-state index >= 15 is 0 Å². The number of halogens is 1. The molecule has 1 atom stereocenters. The zero-order valence-electron chi connectivity index (χ0n) is 14.8. The van der Waals surface area contributed by atoms with Gasteiger partial charge in [0.25, 0.3) is 0 Å². The maximum atomic E-state index is 14.7. The van der Waals surface area contributed by atoms with Gasteiger partial charge in [0.1, 0.15) is 6.17 Å². The molecule has 0 fully saturated rings. The summed E-state index contributed by atoms with van der Waals surface area (Å²) < 4.78 is 41.3. The maximum absolute atomic E-state index is 14.7. The van der Waals surface area contributed by atoms with Crippen molar-refractivity contribution >= 4 is 33.5 Å². The first-order valence-electron chi connectivity index (χ1n) is 8.19. The molecule has 3 aromatic rings. The molecule has 0 bridgehead atoms. The fourth-order valence-electron chi connectivity index (χ4n) is 2.76. The van der Waals surface area contributed by atoms with Crippen LogP contribution in [0.4, 0.5) is 4.39 Å². The van der Waals surface area contributed by atoms with Crippen molar-refractivity contribution in [2.75, 3.05) is 14.1 Å². The number of aromatic nitrogens is 2. The summed E-state index contributed by atoms with van der Waals surface area (Å²) in [5.74, 6) is 0. The van der Waals surface area contributed by atoms with Crippen molar-refractivity contribution in [2.45, 2.75) is 17.6 Å². The van der Waals surface area contributed by atoms with E-state index in [0.29, 0.717) is 21.9 Å². The van der Waals surface area contributed by atoms with Crippen molar-refractivity contribution in [3.8, 4) is 0 Å². The van der Waals surface area contributed by atoms with Gasteiger partial charge in [-0.05, 0) is 29.2 Å². The number of hydrogen-bond acceptors (Lipinski definition) is 5. The van der Waals surface area contributed by atoms with Crippen molar-refractivity contribution in [2.24, 2.45) is 0 Å². The zero-order valence-corrected chi connectivity index (χ0v) is 15.6. The predicted octanol–water partition coefficient (Wildman–Crippen LogP) is 0.677. The normalized spacial score (nSPS) is 13.3. The molecular formula is C17H19BFN3O4S. The number of rotatable bonds is 6. The van der Waals surface area contributed by atoms with E-state index in [9.17, 15) is 22.9 Å². The van der Waals surface area contributed by atoms with E-state index in [1.54, 1.807) is 24.4 Å². The van der Waals surface area contributed by atoms with Crippen molar-refractivity contribution in [3.05, 3.63) is 54.2 Å². The molecule has 0 saturated carbocycles. The van der Waals surface area contributed by atoms with Crippen molar-refractivity contribution in [1.29, 1.82) is 0 Å². The number of benzene rings is 2. The van der Waals surface area contributed by atoms with Crippen LogP contribution in [0.1, 0.15) is 11.7 Å². The SMILES string of the molecule is CN(C)S(=O)(=O)c1ccc(C(F)Cn2cc3c(B(O)O)cccc3n2)cc1. The van der Waals surface area contributed by atoms with Gasteiger partial charge < -0.3 is 10.0 Å². The van der Waals surface area contributed by atoms with Crippen LogP contribution in [0.25, 0.3) is 10.9 Å². The van der Waals surface area contributed by atoms with Crippen LogP contribution >= 0.6 is 0 Å². The van der Waals surface area contributed by atoms with Crippen molar-refractivity contribution in [1.82, 2.24) is 14.1 Å². The van der Waals surface area contributed by atoms with E-state index in [-0.39, 0.29) is 11.4 Å². The highest BCUT2D eigenvalue weighted by atomic mass is 32.2. The average molecular weight is 391 g/mol. The van der Waals surface area contributed by atoms with Crippen LogP contribution in [0.15, 0.2) is 53.6 Å². The first-order chi connectivity index (χ1) is 12.7. The first kappa shape index (κ1) is 19.5. The summed E-state index contributed by atoms with van der Waals surface area (Å²) in [5.41, 5.74) is 1.15. The lowest BCUT2D eigenvalue weighted by atomic mass is 9.78. The smallest absolute Gasteiger partial charge is 0.423 e. The molecule has 1 unspecified atom stereocenters. The minimum Gasteiger partial charge on any atom is -0.423 e. The van der Waals surface area contributed by atoms with Gasteiger partial charge in [-0.25, -0.2) is 17.1 Å². The molecule has 1 aromatic heterocycles. The van der Waals surface area contributed by atoms with E-state index in [0.717, 1.165) is 4.31 Å². The topological polar surface area (TPSA) is 95.7 Å². The molecule has 3 rings (SSSR count). The number of hydrogen-bond donors (Lipinski definition) is 2. The number of fused-ring (bicyclic) bond motifs is 1.